The van der Waals surface area contributed by atoms with Gasteiger partial charge in [0, 0.05) is 25.7 Å². The number of ether oxygens (including phenoxy) is 4. The lowest BCUT2D eigenvalue weighted by Crippen LogP contribution is -2.30. The van der Waals surface area contributed by atoms with E-state index in [4.69, 9.17) is 37.0 Å². The molecule has 0 spiro atoms. The van der Waals surface area contributed by atoms with Crippen molar-refractivity contribution in [3.05, 3.63) is 0 Å². The Morgan fingerprint density at radius 2 is 0.676 bits per heavy atom. The number of aliphatic hydroxyl groups excluding tert-OH is 1. The van der Waals surface area contributed by atoms with Crippen molar-refractivity contribution in [1.82, 2.24) is 0 Å². The molecule has 0 aliphatic rings. The van der Waals surface area contributed by atoms with E-state index in [0.29, 0.717) is 25.7 Å². The summed E-state index contributed by atoms with van der Waals surface area (Å²) in [6.45, 7) is 6.89. The van der Waals surface area contributed by atoms with Crippen LogP contribution in [0.1, 0.15) is 247 Å². The van der Waals surface area contributed by atoms with Gasteiger partial charge < -0.3 is 33.8 Å². The molecule has 0 amide bonds. The third-order valence-electron chi connectivity index (χ3n) is 12.1. The van der Waals surface area contributed by atoms with E-state index >= 15 is 0 Å². The third-order valence-corrected chi connectivity index (χ3v) is 14.0. The van der Waals surface area contributed by atoms with Gasteiger partial charge in [0.2, 0.25) is 0 Å². The molecule has 0 aliphatic carbocycles. The van der Waals surface area contributed by atoms with Gasteiger partial charge >= 0.3 is 39.5 Å². The van der Waals surface area contributed by atoms with Crippen molar-refractivity contribution < 1.29 is 80.2 Å². The summed E-state index contributed by atoms with van der Waals surface area (Å²) in [6.07, 6.45) is 26.0. The SMILES string of the molecule is CCCCCCCCCCCC(=O)OC[C@H](COP(=O)(O)OC[C@@H](O)COP(=O)(O)OC[C@@H](COC(=O)CCCCCCC)OC(=O)CCCCCCC)OC(=O)CCCCCCCCCCC(C)CC. The van der Waals surface area contributed by atoms with Crippen LogP contribution in [0.5, 0.6) is 0 Å². The molecule has 0 aromatic heterocycles. The molecule has 71 heavy (non-hydrogen) atoms. The Morgan fingerprint density at radius 3 is 1.00 bits per heavy atom. The van der Waals surface area contributed by atoms with E-state index in [0.717, 1.165) is 102 Å². The summed E-state index contributed by atoms with van der Waals surface area (Å²) in [4.78, 5) is 71.1. The number of rotatable bonds is 52. The number of hydrogen-bond donors (Lipinski definition) is 3. The lowest BCUT2D eigenvalue weighted by molar-refractivity contribution is -0.161. The van der Waals surface area contributed by atoms with Gasteiger partial charge in [-0.3, -0.25) is 37.3 Å². The first-order valence-corrected chi connectivity index (χ1v) is 30.7. The van der Waals surface area contributed by atoms with Crippen molar-refractivity contribution in [2.24, 2.45) is 5.92 Å². The molecule has 0 aromatic rings. The topological polar surface area (TPSA) is 237 Å². The summed E-state index contributed by atoms with van der Waals surface area (Å²) in [7, 11) is -9.84. The van der Waals surface area contributed by atoms with E-state index < -0.39 is 97.5 Å². The van der Waals surface area contributed by atoms with Crippen molar-refractivity contribution in [3.63, 3.8) is 0 Å². The van der Waals surface area contributed by atoms with E-state index in [1.54, 1.807) is 0 Å². The molecule has 0 fully saturated rings. The van der Waals surface area contributed by atoms with Gasteiger partial charge in [0.25, 0.3) is 0 Å². The van der Waals surface area contributed by atoms with Crippen molar-refractivity contribution in [3.8, 4) is 0 Å². The number of phosphoric ester groups is 2. The van der Waals surface area contributed by atoms with E-state index in [1.807, 2.05) is 0 Å². The van der Waals surface area contributed by atoms with E-state index in [-0.39, 0.29) is 25.7 Å². The number of phosphoric acid groups is 2. The first kappa shape index (κ1) is 69.1. The molecule has 0 heterocycles. The minimum atomic E-state index is -4.93. The fourth-order valence-corrected chi connectivity index (χ4v) is 9.01. The van der Waals surface area contributed by atoms with Crippen molar-refractivity contribution in [2.45, 2.75) is 265 Å². The van der Waals surface area contributed by atoms with Crippen LogP contribution in [-0.4, -0.2) is 96.7 Å². The number of carbonyl (C=O) groups excluding carboxylic acids is 4. The molecule has 3 N–H and O–H groups in total. The predicted molar refractivity (Wildman–Crippen MR) is 275 cm³/mol. The Kier molecular flexibility index (Phi) is 45.3. The van der Waals surface area contributed by atoms with E-state index in [2.05, 4.69) is 34.6 Å². The van der Waals surface area contributed by atoms with Crippen LogP contribution in [0, 0.1) is 5.92 Å². The number of hydrogen-bond acceptors (Lipinski definition) is 15. The normalized spacial score (nSPS) is 15.0. The second-order valence-electron chi connectivity index (χ2n) is 19.2. The van der Waals surface area contributed by atoms with Gasteiger partial charge in [-0.25, -0.2) is 9.13 Å². The number of aliphatic hydroxyl groups is 1. The fraction of sp³-hybridized carbons (Fsp3) is 0.923. The summed E-state index contributed by atoms with van der Waals surface area (Å²) in [5.74, 6) is -1.41. The molecule has 0 aromatic carbocycles. The molecule has 17 nitrogen and oxygen atoms in total. The van der Waals surface area contributed by atoms with Gasteiger partial charge in [0.15, 0.2) is 12.2 Å². The van der Waals surface area contributed by atoms with Crippen LogP contribution in [0.4, 0.5) is 0 Å². The average Bonchev–Trinajstić information content (AvgIpc) is 3.34. The van der Waals surface area contributed by atoms with Crippen LogP contribution in [0.3, 0.4) is 0 Å². The second kappa shape index (κ2) is 46.6. The zero-order valence-electron chi connectivity index (χ0n) is 44.8. The molecule has 19 heteroatoms. The molecule has 3 unspecified atom stereocenters. The standard InChI is InChI=1S/C52H100O17P2/c1-6-10-13-16-17-18-22-27-31-36-50(55)63-42-48(69-52(57)38-33-28-23-20-19-21-26-29-34-45(5)9-4)44-67-71(60,61)65-40-46(53)39-64-70(58,59)66-43-47(68-51(56)37-32-25-15-12-8-3)41-62-49(54)35-30-24-14-11-7-2/h45-48,53H,6-44H2,1-5H3,(H,58,59)(H,60,61)/t45?,46-,47+,48+/m0/s1. The third kappa shape index (κ3) is 46.3. The molecular weight excluding hydrogens is 959 g/mol. The van der Waals surface area contributed by atoms with Crippen molar-refractivity contribution >= 4 is 39.5 Å². The highest BCUT2D eigenvalue weighted by Crippen LogP contribution is 2.45. The molecule has 0 bridgehead atoms. The smallest absolute Gasteiger partial charge is 0.462 e. The Morgan fingerprint density at radius 1 is 0.394 bits per heavy atom. The van der Waals surface area contributed by atoms with Gasteiger partial charge in [0.1, 0.15) is 19.3 Å². The zero-order valence-corrected chi connectivity index (χ0v) is 46.6. The van der Waals surface area contributed by atoms with E-state index in [1.165, 1.54) is 64.2 Å². The molecule has 420 valence electrons. The van der Waals surface area contributed by atoms with Gasteiger partial charge in [-0.2, -0.15) is 0 Å². The predicted octanol–water partition coefficient (Wildman–Crippen LogP) is 13.1. The molecule has 0 aliphatic heterocycles. The summed E-state index contributed by atoms with van der Waals surface area (Å²) in [6, 6.07) is 0. The molecule has 0 rings (SSSR count). The largest absolute Gasteiger partial charge is 0.472 e. The monoisotopic (exact) mass is 1060 g/mol. The molecule has 0 saturated heterocycles. The first-order chi connectivity index (χ1) is 34.1. The Bertz CT molecular complexity index is 1420. The maximum absolute atomic E-state index is 12.8. The Balaban J connectivity index is 5.15. The van der Waals surface area contributed by atoms with Gasteiger partial charge in [-0.05, 0) is 31.6 Å². The molecule has 0 radical (unpaired) electrons. The highest BCUT2D eigenvalue weighted by atomic mass is 31.2. The van der Waals surface area contributed by atoms with Crippen LogP contribution in [0.25, 0.3) is 0 Å². The number of unbranched alkanes of at least 4 members (excludes halogenated alkanes) is 23. The highest BCUT2D eigenvalue weighted by Gasteiger charge is 2.30. The lowest BCUT2D eigenvalue weighted by atomic mass is 9.99. The minimum Gasteiger partial charge on any atom is -0.462 e. The molecular formula is C52H100O17P2. The summed E-state index contributed by atoms with van der Waals surface area (Å²) >= 11 is 0. The fourth-order valence-electron chi connectivity index (χ4n) is 7.43. The second-order valence-corrected chi connectivity index (χ2v) is 22.1. The van der Waals surface area contributed by atoms with Crippen LogP contribution < -0.4 is 0 Å². The van der Waals surface area contributed by atoms with Gasteiger partial charge in [-0.1, -0.05) is 195 Å². The van der Waals surface area contributed by atoms with Crippen LogP contribution in [-0.2, 0) is 65.4 Å². The maximum atomic E-state index is 12.8. The summed E-state index contributed by atoms with van der Waals surface area (Å²) < 4.78 is 67.0. The Hall–Kier alpha value is -1.94. The molecule has 0 saturated carbocycles. The Labute approximate surface area is 428 Å². The molecule has 6 atom stereocenters. The highest BCUT2D eigenvalue weighted by molar-refractivity contribution is 7.47. The zero-order chi connectivity index (χ0) is 52.9. The van der Waals surface area contributed by atoms with Crippen LogP contribution >= 0.6 is 15.6 Å². The summed E-state index contributed by atoms with van der Waals surface area (Å²) in [5, 5.41) is 10.4. The van der Waals surface area contributed by atoms with E-state index in [9.17, 15) is 43.2 Å². The van der Waals surface area contributed by atoms with Crippen LogP contribution in [0.15, 0.2) is 0 Å². The number of esters is 4. The van der Waals surface area contributed by atoms with Crippen molar-refractivity contribution in [2.75, 3.05) is 39.6 Å². The summed E-state index contributed by atoms with van der Waals surface area (Å²) in [5.41, 5.74) is 0. The number of carbonyl (C=O) groups is 4. The minimum absolute atomic E-state index is 0.0985. The van der Waals surface area contributed by atoms with Gasteiger partial charge in [-0.15, -0.1) is 0 Å². The average molecular weight is 1060 g/mol. The van der Waals surface area contributed by atoms with Crippen LogP contribution in [0.2, 0.25) is 0 Å². The first-order valence-electron chi connectivity index (χ1n) is 27.7. The maximum Gasteiger partial charge on any atom is 0.472 e. The van der Waals surface area contributed by atoms with Gasteiger partial charge in [0.05, 0.1) is 26.4 Å². The quantitative estimate of drug-likeness (QED) is 0.0222. The lowest BCUT2D eigenvalue weighted by Gasteiger charge is -2.21. The van der Waals surface area contributed by atoms with Crippen molar-refractivity contribution in [1.29, 1.82) is 0 Å².